The number of hydrogen-bond acceptors (Lipinski definition) is 4. The molecule has 2 saturated heterocycles. The van der Waals surface area contributed by atoms with Gasteiger partial charge in [-0.3, -0.25) is 14.5 Å². The molecule has 4 rings (SSSR count). The highest BCUT2D eigenvalue weighted by Gasteiger charge is 2.33. The monoisotopic (exact) mass is 468 g/mol. The number of thioether (sulfide) groups is 1. The third-order valence-electron chi connectivity index (χ3n) is 5.95. The molecule has 2 fully saturated rings. The average molecular weight is 469 g/mol. The van der Waals surface area contributed by atoms with Crippen LogP contribution in [0.3, 0.4) is 0 Å². The van der Waals surface area contributed by atoms with Crippen LogP contribution in [-0.4, -0.2) is 45.6 Å². The molecule has 2 heterocycles. The zero-order chi connectivity index (χ0) is 22.5. The Bertz CT molecular complexity index is 1030. The van der Waals surface area contributed by atoms with E-state index in [1.54, 1.807) is 18.2 Å². The first kappa shape index (κ1) is 22.7. The SMILES string of the molecule is O=C(CCN1C(=O)C(=Cc2ccccc2F)SC1=S)N1CCC(Cc2ccccc2)CC1. The summed E-state index contributed by atoms with van der Waals surface area (Å²) in [7, 11) is 0. The number of halogens is 1. The van der Waals surface area contributed by atoms with Gasteiger partial charge in [0.2, 0.25) is 5.91 Å². The molecular formula is C25H25FN2O2S2. The lowest BCUT2D eigenvalue weighted by atomic mass is 9.90. The highest BCUT2D eigenvalue weighted by Crippen LogP contribution is 2.33. The fourth-order valence-corrected chi connectivity index (χ4v) is 5.43. The number of carbonyl (C=O) groups is 2. The normalized spacial score (nSPS) is 18.6. The fraction of sp³-hybridized carbons (Fsp3) is 0.320. The van der Waals surface area contributed by atoms with Crippen LogP contribution in [0.2, 0.25) is 0 Å². The third-order valence-corrected chi connectivity index (χ3v) is 7.33. The second-order valence-electron chi connectivity index (χ2n) is 8.12. The lowest BCUT2D eigenvalue weighted by Crippen LogP contribution is -2.41. The lowest BCUT2D eigenvalue weighted by Gasteiger charge is -2.32. The number of carbonyl (C=O) groups excluding carboxylic acids is 2. The van der Waals surface area contributed by atoms with Crippen LogP contribution >= 0.6 is 24.0 Å². The van der Waals surface area contributed by atoms with Crippen LogP contribution in [-0.2, 0) is 16.0 Å². The maximum Gasteiger partial charge on any atom is 0.266 e. The molecule has 2 aliphatic heterocycles. The van der Waals surface area contributed by atoms with Crippen molar-refractivity contribution in [2.24, 2.45) is 5.92 Å². The van der Waals surface area contributed by atoms with Gasteiger partial charge in [-0.1, -0.05) is 72.5 Å². The molecule has 0 spiro atoms. The van der Waals surface area contributed by atoms with Crippen LogP contribution in [0.4, 0.5) is 4.39 Å². The Morgan fingerprint density at radius 3 is 2.50 bits per heavy atom. The zero-order valence-electron chi connectivity index (χ0n) is 17.7. The first-order valence-corrected chi connectivity index (χ1v) is 12.1. The van der Waals surface area contributed by atoms with Gasteiger partial charge in [0.25, 0.3) is 5.91 Å². The van der Waals surface area contributed by atoms with Gasteiger partial charge in [0, 0.05) is 31.6 Å². The van der Waals surface area contributed by atoms with E-state index in [2.05, 4.69) is 24.3 Å². The maximum absolute atomic E-state index is 13.9. The molecule has 2 aromatic rings. The van der Waals surface area contributed by atoms with Gasteiger partial charge < -0.3 is 4.90 Å². The number of thiocarbonyl (C=S) groups is 1. The molecule has 32 heavy (non-hydrogen) atoms. The summed E-state index contributed by atoms with van der Waals surface area (Å²) in [5.41, 5.74) is 1.69. The van der Waals surface area contributed by atoms with Crippen LogP contribution in [0.25, 0.3) is 6.08 Å². The molecule has 0 radical (unpaired) electrons. The van der Waals surface area contributed by atoms with Gasteiger partial charge in [0.1, 0.15) is 10.1 Å². The van der Waals surface area contributed by atoms with Gasteiger partial charge in [-0.25, -0.2) is 4.39 Å². The van der Waals surface area contributed by atoms with Crippen molar-refractivity contribution in [2.45, 2.75) is 25.7 Å². The van der Waals surface area contributed by atoms with Crippen molar-refractivity contribution in [1.29, 1.82) is 0 Å². The highest BCUT2D eigenvalue weighted by molar-refractivity contribution is 8.26. The van der Waals surface area contributed by atoms with E-state index in [-0.39, 0.29) is 30.6 Å². The van der Waals surface area contributed by atoms with Crippen molar-refractivity contribution in [3.8, 4) is 0 Å². The van der Waals surface area contributed by atoms with Crippen LogP contribution in [0, 0.1) is 11.7 Å². The topological polar surface area (TPSA) is 40.6 Å². The van der Waals surface area contributed by atoms with Crippen molar-refractivity contribution in [2.75, 3.05) is 19.6 Å². The summed E-state index contributed by atoms with van der Waals surface area (Å²) in [6.07, 6.45) is 4.80. The van der Waals surface area contributed by atoms with Gasteiger partial charge in [-0.05, 0) is 42.9 Å². The molecule has 4 nitrogen and oxygen atoms in total. The summed E-state index contributed by atoms with van der Waals surface area (Å²) < 4.78 is 14.3. The first-order chi connectivity index (χ1) is 15.5. The number of rotatable bonds is 6. The Hall–Kier alpha value is -2.51. The largest absolute Gasteiger partial charge is 0.343 e. The van der Waals surface area contributed by atoms with Gasteiger partial charge >= 0.3 is 0 Å². The quantitative estimate of drug-likeness (QED) is 0.447. The van der Waals surface area contributed by atoms with Crippen LogP contribution in [0.1, 0.15) is 30.4 Å². The fourth-order valence-electron chi connectivity index (χ4n) is 4.13. The average Bonchev–Trinajstić information content (AvgIpc) is 3.07. The van der Waals surface area contributed by atoms with Crippen molar-refractivity contribution in [3.05, 3.63) is 76.4 Å². The van der Waals surface area contributed by atoms with Crippen LogP contribution < -0.4 is 0 Å². The van der Waals surface area contributed by atoms with Crippen molar-refractivity contribution >= 4 is 46.2 Å². The van der Waals surface area contributed by atoms with E-state index in [0.717, 1.165) is 44.1 Å². The Kier molecular flexibility index (Phi) is 7.37. The van der Waals surface area contributed by atoms with Gasteiger partial charge in [-0.2, -0.15) is 0 Å². The zero-order valence-corrected chi connectivity index (χ0v) is 19.3. The first-order valence-electron chi connectivity index (χ1n) is 10.8. The van der Waals surface area contributed by atoms with Gasteiger partial charge in [0.15, 0.2) is 0 Å². The summed E-state index contributed by atoms with van der Waals surface area (Å²) in [6, 6.07) is 16.8. The van der Waals surface area contributed by atoms with Crippen molar-refractivity contribution < 1.29 is 14.0 Å². The molecule has 0 unspecified atom stereocenters. The summed E-state index contributed by atoms with van der Waals surface area (Å²) in [5.74, 6) is -0.00630. The Morgan fingerprint density at radius 2 is 1.78 bits per heavy atom. The molecule has 7 heteroatoms. The molecule has 0 aliphatic carbocycles. The molecular weight excluding hydrogens is 443 g/mol. The minimum atomic E-state index is -0.386. The van der Waals surface area contributed by atoms with E-state index >= 15 is 0 Å². The van der Waals surface area contributed by atoms with Gasteiger partial charge in [0.05, 0.1) is 4.91 Å². The van der Waals surface area contributed by atoms with Gasteiger partial charge in [-0.15, -0.1) is 0 Å². The molecule has 2 aliphatic rings. The molecule has 2 amide bonds. The Morgan fingerprint density at radius 1 is 1.09 bits per heavy atom. The van der Waals surface area contributed by atoms with Crippen LogP contribution in [0.5, 0.6) is 0 Å². The number of piperidine rings is 1. The number of likely N-dealkylation sites (tertiary alicyclic amines) is 1. The minimum absolute atomic E-state index is 0.0512. The molecule has 0 aromatic heterocycles. The Labute approximate surface area is 197 Å². The molecule has 0 atom stereocenters. The van der Waals surface area contributed by atoms with E-state index in [4.69, 9.17) is 12.2 Å². The van der Waals surface area contributed by atoms with E-state index in [0.29, 0.717) is 20.7 Å². The highest BCUT2D eigenvalue weighted by atomic mass is 32.2. The molecule has 166 valence electrons. The summed E-state index contributed by atoms with van der Waals surface area (Å²) in [6.45, 7) is 1.76. The minimum Gasteiger partial charge on any atom is -0.343 e. The Balaban J connectivity index is 1.27. The predicted octanol–water partition coefficient (Wildman–Crippen LogP) is 4.90. The van der Waals surface area contributed by atoms with Crippen LogP contribution in [0.15, 0.2) is 59.5 Å². The van der Waals surface area contributed by atoms with Crippen molar-refractivity contribution in [1.82, 2.24) is 9.80 Å². The third kappa shape index (κ3) is 5.45. The van der Waals surface area contributed by atoms with E-state index in [1.807, 2.05) is 11.0 Å². The maximum atomic E-state index is 13.9. The molecule has 2 aromatic carbocycles. The number of hydrogen-bond donors (Lipinski definition) is 0. The molecule has 0 N–H and O–H groups in total. The number of benzene rings is 2. The second-order valence-corrected chi connectivity index (χ2v) is 9.79. The van der Waals surface area contributed by atoms with E-state index in [9.17, 15) is 14.0 Å². The van der Waals surface area contributed by atoms with E-state index in [1.165, 1.54) is 22.6 Å². The summed E-state index contributed by atoms with van der Waals surface area (Å²) >= 11 is 6.49. The summed E-state index contributed by atoms with van der Waals surface area (Å²) in [4.78, 5) is 29.2. The smallest absolute Gasteiger partial charge is 0.266 e. The van der Waals surface area contributed by atoms with E-state index < -0.39 is 0 Å². The lowest BCUT2D eigenvalue weighted by molar-refractivity contribution is -0.133. The van der Waals surface area contributed by atoms with Crippen molar-refractivity contribution in [3.63, 3.8) is 0 Å². The second kappa shape index (κ2) is 10.4. The summed E-state index contributed by atoms with van der Waals surface area (Å²) in [5, 5.41) is 0. The molecule has 0 bridgehead atoms. The standard InChI is InChI=1S/C25H25FN2O2S2/c26-21-9-5-4-8-20(21)17-22-24(30)28(25(31)32-22)15-12-23(29)27-13-10-19(11-14-27)16-18-6-2-1-3-7-18/h1-9,17,19H,10-16H2. The number of amides is 2. The number of nitrogens with zero attached hydrogens (tertiary/aromatic N) is 2. The predicted molar refractivity (Wildman–Crippen MR) is 130 cm³/mol. The molecule has 0 saturated carbocycles.